The summed E-state index contributed by atoms with van der Waals surface area (Å²) < 4.78 is 14.6. The summed E-state index contributed by atoms with van der Waals surface area (Å²) >= 11 is 1.26. The van der Waals surface area contributed by atoms with Crippen LogP contribution in [-0.4, -0.2) is 32.9 Å². The molecule has 0 unspecified atom stereocenters. The Morgan fingerprint density at radius 1 is 1.24 bits per heavy atom. The highest BCUT2D eigenvalue weighted by molar-refractivity contribution is 6.99. The van der Waals surface area contributed by atoms with Crippen molar-refractivity contribution in [3.05, 3.63) is 36.7 Å². The van der Waals surface area contributed by atoms with E-state index in [1.165, 1.54) is 11.7 Å². The van der Waals surface area contributed by atoms with Gasteiger partial charge in [0.25, 0.3) is 0 Å². The Balaban J connectivity index is 1.44. The maximum atomic E-state index is 6.21. The highest BCUT2D eigenvalue weighted by atomic mass is 32.1. The Labute approximate surface area is 126 Å². The number of nitrogens with one attached hydrogen (secondary N) is 1. The molecule has 5 nitrogen and oxygen atoms in total. The summed E-state index contributed by atoms with van der Waals surface area (Å²) in [6, 6.07) is 8.22. The lowest BCUT2D eigenvalue weighted by molar-refractivity contribution is 0.173. The standard InChI is InChI=1S/C15H16N4OS/c1-2-13-12(4-7-16-13)14(3-1)20-11-5-8-19(9-6-11)15-10-17-21-18-15/h1-4,7,10-11,16H,5-6,8-9H2. The van der Waals surface area contributed by atoms with Crippen molar-refractivity contribution in [1.82, 2.24) is 13.7 Å². The van der Waals surface area contributed by atoms with Crippen LogP contribution in [0, 0.1) is 0 Å². The summed E-state index contributed by atoms with van der Waals surface area (Å²) in [5.41, 5.74) is 1.12. The number of aromatic nitrogens is 3. The third kappa shape index (κ3) is 2.47. The zero-order valence-electron chi connectivity index (χ0n) is 11.5. The van der Waals surface area contributed by atoms with Gasteiger partial charge in [0.1, 0.15) is 11.9 Å². The minimum Gasteiger partial charge on any atom is -0.490 e. The Kier molecular flexibility index (Phi) is 3.23. The number of aromatic amines is 1. The predicted octanol–water partition coefficient (Wildman–Crippen LogP) is 3.07. The number of H-pyrrole nitrogens is 1. The first kappa shape index (κ1) is 12.6. The van der Waals surface area contributed by atoms with Crippen LogP contribution in [0.25, 0.3) is 10.9 Å². The average Bonchev–Trinajstić information content (AvgIpc) is 3.20. The van der Waals surface area contributed by atoms with Crippen LogP contribution in [-0.2, 0) is 0 Å². The van der Waals surface area contributed by atoms with Crippen molar-refractivity contribution in [2.45, 2.75) is 18.9 Å². The molecule has 0 saturated carbocycles. The second kappa shape index (κ2) is 5.37. The Bertz CT molecular complexity index is 716. The molecule has 1 aliphatic rings. The van der Waals surface area contributed by atoms with Gasteiger partial charge in [0.15, 0.2) is 5.82 Å². The highest BCUT2D eigenvalue weighted by Gasteiger charge is 2.22. The van der Waals surface area contributed by atoms with Crippen molar-refractivity contribution in [3.63, 3.8) is 0 Å². The maximum absolute atomic E-state index is 6.21. The molecule has 0 atom stereocenters. The van der Waals surface area contributed by atoms with Gasteiger partial charge in [0.05, 0.1) is 17.9 Å². The smallest absolute Gasteiger partial charge is 0.162 e. The van der Waals surface area contributed by atoms with Crippen LogP contribution in [0.15, 0.2) is 36.7 Å². The second-order valence-electron chi connectivity index (χ2n) is 5.26. The van der Waals surface area contributed by atoms with Crippen molar-refractivity contribution >= 4 is 28.4 Å². The van der Waals surface area contributed by atoms with Crippen LogP contribution in [0.4, 0.5) is 5.82 Å². The molecule has 0 radical (unpaired) electrons. The van der Waals surface area contributed by atoms with Crippen LogP contribution in [0.1, 0.15) is 12.8 Å². The van der Waals surface area contributed by atoms with E-state index in [0.717, 1.165) is 48.4 Å². The molecular weight excluding hydrogens is 284 g/mol. The van der Waals surface area contributed by atoms with Gasteiger partial charge in [-0.05, 0) is 18.2 Å². The second-order valence-corrected chi connectivity index (χ2v) is 5.82. The number of hydrogen-bond donors (Lipinski definition) is 1. The zero-order chi connectivity index (χ0) is 14.1. The fraction of sp³-hybridized carbons (Fsp3) is 0.333. The summed E-state index contributed by atoms with van der Waals surface area (Å²) in [6.07, 6.45) is 6.09. The monoisotopic (exact) mass is 300 g/mol. The molecule has 0 bridgehead atoms. The summed E-state index contributed by atoms with van der Waals surface area (Å²) in [6.45, 7) is 1.94. The quantitative estimate of drug-likeness (QED) is 0.807. The number of rotatable bonds is 3. The third-order valence-corrected chi connectivity index (χ3v) is 4.43. The molecule has 1 fully saturated rings. The van der Waals surface area contributed by atoms with E-state index in [9.17, 15) is 0 Å². The molecule has 0 amide bonds. The van der Waals surface area contributed by atoms with Crippen molar-refractivity contribution in [2.75, 3.05) is 18.0 Å². The molecule has 1 aliphatic heterocycles. The van der Waals surface area contributed by atoms with Crippen molar-refractivity contribution in [2.24, 2.45) is 0 Å². The minimum atomic E-state index is 0.272. The summed E-state index contributed by atoms with van der Waals surface area (Å²) in [4.78, 5) is 5.50. The molecule has 4 rings (SSSR count). The van der Waals surface area contributed by atoms with E-state index in [-0.39, 0.29) is 6.10 Å². The Morgan fingerprint density at radius 2 is 2.14 bits per heavy atom. The maximum Gasteiger partial charge on any atom is 0.162 e. The van der Waals surface area contributed by atoms with Gasteiger partial charge in [0, 0.05) is 43.0 Å². The minimum absolute atomic E-state index is 0.272. The molecule has 0 aliphatic carbocycles. The zero-order valence-corrected chi connectivity index (χ0v) is 12.3. The average molecular weight is 300 g/mol. The molecule has 108 valence electrons. The molecule has 0 spiro atoms. The topological polar surface area (TPSA) is 54.0 Å². The Hall–Kier alpha value is -2.08. The molecule has 1 N–H and O–H groups in total. The fourth-order valence-corrected chi connectivity index (χ4v) is 3.28. The van der Waals surface area contributed by atoms with Gasteiger partial charge in [0.2, 0.25) is 0 Å². The summed E-state index contributed by atoms with van der Waals surface area (Å²) in [5, 5.41) is 1.16. The molecular formula is C15H16N4OS. The fourth-order valence-electron chi connectivity index (χ4n) is 2.84. The van der Waals surface area contributed by atoms with Gasteiger partial charge < -0.3 is 14.6 Å². The van der Waals surface area contributed by atoms with E-state index < -0.39 is 0 Å². The number of piperidine rings is 1. The van der Waals surface area contributed by atoms with E-state index in [1.54, 1.807) is 0 Å². The van der Waals surface area contributed by atoms with Gasteiger partial charge in [-0.15, -0.1) is 0 Å². The summed E-state index contributed by atoms with van der Waals surface area (Å²) in [7, 11) is 0. The third-order valence-electron chi connectivity index (χ3n) is 3.96. The number of nitrogens with zero attached hydrogens (tertiary/aromatic N) is 3. The van der Waals surface area contributed by atoms with Crippen LogP contribution in [0.5, 0.6) is 5.75 Å². The van der Waals surface area contributed by atoms with Crippen molar-refractivity contribution in [1.29, 1.82) is 0 Å². The highest BCUT2D eigenvalue weighted by Crippen LogP contribution is 2.28. The van der Waals surface area contributed by atoms with Crippen LogP contribution >= 0.6 is 11.7 Å². The lowest BCUT2D eigenvalue weighted by Gasteiger charge is -2.32. The first-order valence-electron chi connectivity index (χ1n) is 7.15. The first-order valence-corrected chi connectivity index (χ1v) is 7.88. The van der Waals surface area contributed by atoms with Crippen LogP contribution < -0.4 is 9.64 Å². The van der Waals surface area contributed by atoms with E-state index in [1.807, 2.05) is 24.5 Å². The largest absolute Gasteiger partial charge is 0.490 e. The first-order chi connectivity index (χ1) is 10.4. The molecule has 1 aromatic carbocycles. The van der Waals surface area contributed by atoms with E-state index in [2.05, 4.69) is 30.8 Å². The molecule has 6 heteroatoms. The van der Waals surface area contributed by atoms with Gasteiger partial charge in [-0.3, -0.25) is 0 Å². The lowest BCUT2D eigenvalue weighted by atomic mass is 10.1. The Morgan fingerprint density at radius 3 is 2.95 bits per heavy atom. The van der Waals surface area contributed by atoms with Gasteiger partial charge >= 0.3 is 0 Å². The van der Waals surface area contributed by atoms with Gasteiger partial charge in [-0.25, -0.2) is 0 Å². The lowest BCUT2D eigenvalue weighted by Crippen LogP contribution is -2.38. The van der Waals surface area contributed by atoms with E-state index in [0.29, 0.717) is 0 Å². The summed E-state index contributed by atoms with van der Waals surface area (Å²) in [5.74, 6) is 1.97. The SMILES string of the molecule is c1cc(OC2CCN(c3cnsn3)CC2)c2cc[nH]c2c1. The molecule has 3 heterocycles. The molecule has 2 aromatic heterocycles. The number of anilines is 1. The number of benzene rings is 1. The van der Waals surface area contributed by atoms with Crippen LogP contribution in [0.3, 0.4) is 0 Å². The number of fused-ring (bicyclic) bond motifs is 1. The van der Waals surface area contributed by atoms with Gasteiger partial charge in [-0.1, -0.05) is 6.07 Å². The molecule has 1 saturated heterocycles. The molecule has 3 aromatic rings. The van der Waals surface area contributed by atoms with Gasteiger partial charge in [-0.2, -0.15) is 8.75 Å². The van der Waals surface area contributed by atoms with Crippen LogP contribution in [0.2, 0.25) is 0 Å². The normalized spacial score (nSPS) is 16.5. The van der Waals surface area contributed by atoms with E-state index >= 15 is 0 Å². The van der Waals surface area contributed by atoms with Crippen molar-refractivity contribution in [3.8, 4) is 5.75 Å². The van der Waals surface area contributed by atoms with E-state index in [4.69, 9.17) is 4.74 Å². The molecule has 21 heavy (non-hydrogen) atoms. The number of ether oxygens (including phenoxy) is 1. The predicted molar refractivity (Wildman–Crippen MR) is 84.1 cm³/mol. The number of hydrogen-bond acceptors (Lipinski definition) is 5. The van der Waals surface area contributed by atoms with Crippen molar-refractivity contribution < 1.29 is 4.74 Å².